The van der Waals surface area contributed by atoms with E-state index in [1.807, 2.05) is 42.6 Å². The summed E-state index contributed by atoms with van der Waals surface area (Å²) in [7, 11) is 1.53. The number of H-pyrrole nitrogens is 1. The quantitative estimate of drug-likeness (QED) is 0.177. The summed E-state index contributed by atoms with van der Waals surface area (Å²) in [4.78, 5) is 46.1. The van der Waals surface area contributed by atoms with Crippen molar-refractivity contribution in [1.29, 1.82) is 0 Å². The van der Waals surface area contributed by atoms with E-state index < -0.39 is 17.4 Å². The van der Waals surface area contributed by atoms with E-state index in [0.717, 1.165) is 34.9 Å². The third-order valence-electron chi connectivity index (χ3n) is 9.37. The first-order valence-electron chi connectivity index (χ1n) is 16.0. The molecule has 0 saturated carbocycles. The summed E-state index contributed by atoms with van der Waals surface area (Å²) in [6, 6.07) is 20.2. The van der Waals surface area contributed by atoms with Crippen LogP contribution < -0.4 is 15.0 Å². The van der Waals surface area contributed by atoms with Gasteiger partial charge >= 0.3 is 0 Å². The Hall–Kier alpha value is -4.93. The number of aliphatic hydroxyl groups is 2. The van der Waals surface area contributed by atoms with Gasteiger partial charge in [-0.15, -0.1) is 0 Å². The van der Waals surface area contributed by atoms with E-state index in [1.165, 1.54) is 7.11 Å². The van der Waals surface area contributed by atoms with Crippen LogP contribution in [-0.2, 0) is 33.0 Å². The highest BCUT2D eigenvalue weighted by molar-refractivity contribution is 6.07. The number of para-hydroxylation sites is 1. The van der Waals surface area contributed by atoms with Crippen molar-refractivity contribution in [2.45, 2.75) is 50.8 Å². The number of hydrogen-bond acceptors (Lipinski definition) is 6. The van der Waals surface area contributed by atoms with Crippen molar-refractivity contribution in [1.82, 2.24) is 9.88 Å². The fourth-order valence-corrected chi connectivity index (χ4v) is 6.73. The van der Waals surface area contributed by atoms with Crippen LogP contribution in [0.1, 0.15) is 42.9 Å². The first kappa shape index (κ1) is 32.0. The van der Waals surface area contributed by atoms with Crippen LogP contribution in [0.5, 0.6) is 5.75 Å². The van der Waals surface area contributed by atoms with Crippen LogP contribution in [0, 0.1) is 5.92 Å². The standard InChI is InChI=1S/C37H40N4O6/c1-24(7-5-11-35(44)40-18-6-8-28(40)23-42)37(46)31-20-29(47-2)16-17-33(31)41(36(37)45)22-25-12-14-27(15-13-25)39-34(43)19-26-21-38-32-10-4-3-9-30(26)32/h3-5,7,9-10,12-17,20-21,24,28,38,42,46H,6,8,11,18-19,22-23H2,1-2H3,(H,39,43)/b7-5+/t24-,28+,37+/m1/s1. The number of methoxy groups -OCH3 is 1. The zero-order chi connectivity index (χ0) is 33.1. The molecule has 244 valence electrons. The van der Waals surface area contributed by atoms with Crippen LogP contribution in [0.25, 0.3) is 10.9 Å². The molecular weight excluding hydrogens is 596 g/mol. The van der Waals surface area contributed by atoms with Crippen molar-refractivity contribution >= 4 is 40.0 Å². The van der Waals surface area contributed by atoms with E-state index >= 15 is 0 Å². The molecule has 3 amide bonds. The Bertz CT molecular complexity index is 1820. The first-order valence-corrected chi connectivity index (χ1v) is 16.0. The molecule has 3 aromatic carbocycles. The van der Waals surface area contributed by atoms with Gasteiger partial charge in [-0.2, -0.15) is 0 Å². The largest absolute Gasteiger partial charge is 0.497 e. The highest BCUT2D eigenvalue weighted by Gasteiger charge is 2.52. The molecule has 4 aromatic rings. The Morgan fingerprint density at radius 2 is 1.94 bits per heavy atom. The Labute approximate surface area is 273 Å². The number of aromatic nitrogens is 1. The van der Waals surface area contributed by atoms with Crippen LogP contribution in [0.3, 0.4) is 0 Å². The van der Waals surface area contributed by atoms with Crippen LogP contribution >= 0.6 is 0 Å². The molecule has 0 spiro atoms. The minimum atomic E-state index is -1.87. The molecule has 0 radical (unpaired) electrons. The molecule has 2 aliphatic heterocycles. The Balaban J connectivity index is 1.15. The number of benzene rings is 3. The summed E-state index contributed by atoms with van der Waals surface area (Å²) in [6.45, 7) is 2.52. The Morgan fingerprint density at radius 1 is 1.15 bits per heavy atom. The summed E-state index contributed by atoms with van der Waals surface area (Å²) >= 11 is 0. The van der Waals surface area contributed by atoms with E-state index in [1.54, 1.807) is 59.2 Å². The number of aromatic amines is 1. The Morgan fingerprint density at radius 3 is 2.70 bits per heavy atom. The number of fused-ring (bicyclic) bond motifs is 2. The second-order valence-electron chi connectivity index (χ2n) is 12.3. The molecule has 3 heterocycles. The molecule has 0 bridgehead atoms. The van der Waals surface area contributed by atoms with Gasteiger partial charge in [-0.3, -0.25) is 14.4 Å². The third-order valence-corrected chi connectivity index (χ3v) is 9.37. The first-order chi connectivity index (χ1) is 22.7. The number of carbonyl (C=O) groups excluding carboxylic acids is 3. The molecule has 10 nitrogen and oxygen atoms in total. The number of anilines is 2. The van der Waals surface area contributed by atoms with Crippen molar-refractivity contribution in [3.8, 4) is 5.75 Å². The van der Waals surface area contributed by atoms with Gasteiger partial charge in [-0.05, 0) is 60.4 Å². The second-order valence-corrected chi connectivity index (χ2v) is 12.3. The van der Waals surface area contributed by atoms with Crippen molar-refractivity contribution in [3.63, 3.8) is 0 Å². The van der Waals surface area contributed by atoms with Crippen molar-refractivity contribution in [2.24, 2.45) is 5.92 Å². The lowest BCUT2D eigenvalue weighted by molar-refractivity contribution is -0.139. The zero-order valence-corrected chi connectivity index (χ0v) is 26.6. The van der Waals surface area contributed by atoms with Gasteiger partial charge in [0.15, 0.2) is 5.60 Å². The van der Waals surface area contributed by atoms with Crippen LogP contribution in [-0.4, -0.2) is 64.1 Å². The minimum absolute atomic E-state index is 0.0578. The van der Waals surface area contributed by atoms with E-state index in [-0.39, 0.29) is 43.8 Å². The number of amides is 3. The number of hydrogen-bond donors (Lipinski definition) is 4. The number of nitrogens with one attached hydrogen (secondary N) is 2. The lowest BCUT2D eigenvalue weighted by Gasteiger charge is -2.28. The normalized spacial score (nSPS) is 19.8. The van der Waals surface area contributed by atoms with Gasteiger partial charge in [0.2, 0.25) is 11.8 Å². The lowest BCUT2D eigenvalue weighted by Crippen LogP contribution is -2.44. The fourth-order valence-electron chi connectivity index (χ4n) is 6.73. The van der Waals surface area contributed by atoms with Gasteiger partial charge in [-0.1, -0.05) is 49.4 Å². The van der Waals surface area contributed by atoms with Crippen LogP contribution in [0.2, 0.25) is 0 Å². The predicted molar refractivity (Wildman–Crippen MR) is 180 cm³/mol. The molecule has 1 aromatic heterocycles. The second kappa shape index (κ2) is 13.4. The average Bonchev–Trinajstić information content (AvgIpc) is 3.78. The van der Waals surface area contributed by atoms with E-state index in [0.29, 0.717) is 29.2 Å². The lowest BCUT2D eigenvalue weighted by atomic mass is 9.83. The van der Waals surface area contributed by atoms with Gasteiger partial charge in [0.25, 0.3) is 5.91 Å². The number of nitrogens with zero attached hydrogens (tertiary/aromatic N) is 2. The highest BCUT2D eigenvalue weighted by Crippen LogP contribution is 2.47. The molecule has 2 aliphatic rings. The summed E-state index contributed by atoms with van der Waals surface area (Å²) < 4.78 is 5.42. The maximum absolute atomic E-state index is 14.0. The molecular formula is C37H40N4O6. The van der Waals surface area contributed by atoms with Gasteiger partial charge in [0.1, 0.15) is 5.75 Å². The van der Waals surface area contributed by atoms with E-state index in [4.69, 9.17) is 4.74 Å². The smallest absolute Gasteiger partial charge is 0.264 e. The number of likely N-dealkylation sites (tertiary alicyclic amines) is 1. The molecule has 6 rings (SSSR count). The minimum Gasteiger partial charge on any atom is -0.497 e. The predicted octanol–water partition coefficient (Wildman–Crippen LogP) is 4.66. The highest BCUT2D eigenvalue weighted by atomic mass is 16.5. The summed E-state index contributed by atoms with van der Waals surface area (Å²) in [5.74, 6) is -0.834. The number of carbonyl (C=O) groups is 3. The molecule has 47 heavy (non-hydrogen) atoms. The van der Waals surface area contributed by atoms with Crippen molar-refractivity contribution in [3.05, 3.63) is 102 Å². The zero-order valence-electron chi connectivity index (χ0n) is 26.6. The summed E-state index contributed by atoms with van der Waals surface area (Å²) in [5, 5.41) is 25.6. The van der Waals surface area contributed by atoms with Crippen LogP contribution in [0.4, 0.5) is 11.4 Å². The van der Waals surface area contributed by atoms with Crippen molar-refractivity contribution < 1.29 is 29.3 Å². The maximum Gasteiger partial charge on any atom is 0.264 e. The number of rotatable bonds is 11. The molecule has 1 fully saturated rings. The molecule has 4 N–H and O–H groups in total. The number of aliphatic hydroxyl groups excluding tert-OH is 1. The molecule has 0 aliphatic carbocycles. The van der Waals surface area contributed by atoms with Gasteiger partial charge in [0, 0.05) is 47.2 Å². The number of ether oxygens (including phenoxy) is 1. The topological polar surface area (TPSA) is 135 Å². The summed E-state index contributed by atoms with van der Waals surface area (Å²) in [6.07, 6.45) is 7.25. The molecule has 3 atom stereocenters. The van der Waals surface area contributed by atoms with Crippen molar-refractivity contribution in [2.75, 3.05) is 30.5 Å². The van der Waals surface area contributed by atoms with Gasteiger partial charge < -0.3 is 35.1 Å². The monoisotopic (exact) mass is 636 g/mol. The van der Waals surface area contributed by atoms with Crippen LogP contribution in [0.15, 0.2) is 85.1 Å². The summed E-state index contributed by atoms with van der Waals surface area (Å²) in [5.41, 5.74) is 2.50. The van der Waals surface area contributed by atoms with Gasteiger partial charge in [-0.25, -0.2) is 0 Å². The fraction of sp³-hybridized carbons (Fsp3) is 0.324. The SMILES string of the molecule is COc1ccc2c(c1)[C@@](O)([C@H](C)/C=C/CC(=O)N1CCC[C@H]1CO)C(=O)N2Cc1ccc(NC(=O)Cc2c[nH]c3ccccc23)cc1. The Kier molecular flexibility index (Phi) is 9.15. The van der Waals surface area contributed by atoms with E-state index in [2.05, 4.69) is 10.3 Å². The van der Waals surface area contributed by atoms with E-state index in [9.17, 15) is 24.6 Å². The van der Waals surface area contributed by atoms with Gasteiger partial charge in [0.05, 0.1) is 38.4 Å². The third kappa shape index (κ3) is 6.26. The molecule has 10 heteroatoms. The maximum atomic E-state index is 14.0. The molecule has 1 saturated heterocycles. The average molecular weight is 637 g/mol. The molecule has 0 unspecified atom stereocenters.